The molecule has 0 radical (unpaired) electrons. The van der Waals surface area contributed by atoms with Crippen LogP contribution in [0.4, 0.5) is 0 Å². The SMILES string of the molecule is COc1ccccc1[C@@H]1CNC(=O)c2nc(CCc3c(C)noc3C)[nH]c2C1. The number of H-pyrrole nitrogens is 1. The second-order valence-electron chi connectivity index (χ2n) is 7.17. The molecule has 28 heavy (non-hydrogen) atoms. The number of imidazole rings is 1. The Kier molecular flexibility index (Phi) is 4.90. The number of aryl methyl sites for hydroxylation is 3. The molecule has 1 aromatic carbocycles. The van der Waals surface area contributed by atoms with Crippen molar-refractivity contribution in [3.8, 4) is 5.75 Å². The lowest BCUT2D eigenvalue weighted by atomic mass is 9.93. The number of rotatable bonds is 5. The van der Waals surface area contributed by atoms with Crippen LogP contribution in [0.1, 0.15) is 50.5 Å². The van der Waals surface area contributed by atoms with E-state index in [0.29, 0.717) is 25.1 Å². The number of nitrogens with one attached hydrogen (secondary N) is 2. The molecule has 7 nitrogen and oxygen atoms in total. The molecule has 1 aliphatic heterocycles. The lowest BCUT2D eigenvalue weighted by molar-refractivity contribution is 0.0950. The van der Waals surface area contributed by atoms with E-state index in [9.17, 15) is 4.79 Å². The van der Waals surface area contributed by atoms with E-state index >= 15 is 0 Å². The van der Waals surface area contributed by atoms with Crippen molar-refractivity contribution in [2.24, 2.45) is 0 Å². The van der Waals surface area contributed by atoms with Gasteiger partial charge < -0.3 is 19.6 Å². The average Bonchev–Trinajstić information content (AvgIpc) is 3.21. The summed E-state index contributed by atoms with van der Waals surface area (Å²) in [6.45, 7) is 4.41. The predicted octanol–water partition coefficient (Wildman–Crippen LogP) is 2.88. The maximum atomic E-state index is 12.5. The fraction of sp³-hybridized carbons (Fsp3) is 0.381. The highest BCUT2D eigenvalue weighted by molar-refractivity contribution is 5.94. The number of ether oxygens (including phenoxy) is 1. The Labute approximate surface area is 163 Å². The molecule has 1 aliphatic rings. The zero-order valence-corrected chi connectivity index (χ0v) is 16.3. The summed E-state index contributed by atoms with van der Waals surface area (Å²) in [5.74, 6) is 2.47. The van der Waals surface area contributed by atoms with E-state index in [0.717, 1.165) is 46.3 Å². The molecule has 0 fully saturated rings. The maximum Gasteiger partial charge on any atom is 0.271 e. The summed E-state index contributed by atoms with van der Waals surface area (Å²) in [6, 6.07) is 7.94. The molecule has 4 rings (SSSR count). The van der Waals surface area contributed by atoms with Crippen LogP contribution in [0.3, 0.4) is 0 Å². The van der Waals surface area contributed by atoms with Crippen LogP contribution >= 0.6 is 0 Å². The Hall–Kier alpha value is -3.09. The number of carbonyl (C=O) groups is 1. The summed E-state index contributed by atoms with van der Waals surface area (Å²) < 4.78 is 10.7. The van der Waals surface area contributed by atoms with Gasteiger partial charge in [-0.2, -0.15) is 0 Å². The van der Waals surface area contributed by atoms with E-state index in [-0.39, 0.29) is 11.8 Å². The third-order valence-electron chi connectivity index (χ3n) is 5.37. The van der Waals surface area contributed by atoms with Crippen LogP contribution in [0, 0.1) is 13.8 Å². The minimum absolute atomic E-state index is 0.122. The number of aromatic amines is 1. The topological polar surface area (TPSA) is 93.0 Å². The number of amides is 1. The second kappa shape index (κ2) is 7.50. The van der Waals surface area contributed by atoms with Gasteiger partial charge in [-0.25, -0.2) is 4.98 Å². The third kappa shape index (κ3) is 3.40. The number of aromatic nitrogens is 3. The quantitative estimate of drug-likeness (QED) is 0.710. The van der Waals surface area contributed by atoms with Crippen molar-refractivity contribution >= 4 is 5.91 Å². The Morgan fingerprint density at radius 1 is 1.25 bits per heavy atom. The molecule has 2 aromatic heterocycles. The van der Waals surface area contributed by atoms with E-state index in [2.05, 4.69) is 26.5 Å². The van der Waals surface area contributed by atoms with Crippen molar-refractivity contribution in [1.82, 2.24) is 20.4 Å². The van der Waals surface area contributed by atoms with Crippen molar-refractivity contribution in [2.75, 3.05) is 13.7 Å². The Bertz CT molecular complexity index is 986. The van der Waals surface area contributed by atoms with E-state index in [4.69, 9.17) is 9.26 Å². The number of methoxy groups -OCH3 is 1. The molecule has 0 saturated carbocycles. The largest absolute Gasteiger partial charge is 0.496 e. The standard InChI is InChI=1S/C21H24N4O3/c1-12-15(13(2)28-25-12)8-9-19-23-17-10-14(11-22-21(26)20(17)24-19)16-6-4-5-7-18(16)27-3/h4-7,14H,8-11H2,1-3H3,(H,22,26)(H,23,24)/t14-/m0/s1. The van der Waals surface area contributed by atoms with Crippen LogP contribution in [0.15, 0.2) is 28.8 Å². The van der Waals surface area contributed by atoms with Crippen LogP contribution in [-0.2, 0) is 19.3 Å². The van der Waals surface area contributed by atoms with Gasteiger partial charge in [0.15, 0.2) is 0 Å². The lowest BCUT2D eigenvalue weighted by Gasteiger charge is -2.17. The fourth-order valence-electron chi connectivity index (χ4n) is 3.86. The number of para-hydroxylation sites is 1. The molecule has 0 saturated heterocycles. The molecule has 1 amide bonds. The zero-order chi connectivity index (χ0) is 19.7. The smallest absolute Gasteiger partial charge is 0.271 e. The van der Waals surface area contributed by atoms with E-state index < -0.39 is 0 Å². The van der Waals surface area contributed by atoms with E-state index in [1.807, 2.05) is 32.0 Å². The molecule has 0 unspecified atom stereocenters. The van der Waals surface area contributed by atoms with E-state index in [1.54, 1.807) is 7.11 Å². The van der Waals surface area contributed by atoms with Gasteiger partial charge in [0.1, 0.15) is 23.0 Å². The zero-order valence-electron chi connectivity index (χ0n) is 16.3. The Morgan fingerprint density at radius 2 is 2.07 bits per heavy atom. The first kappa shape index (κ1) is 18.3. The Morgan fingerprint density at radius 3 is 2.82 bits per heavy atom. The third-order valence-corrected chi connectivity index (χ3v) is 5.37. The number of hydrogen-bond acceptors (Lipinski definition) is 5. The first-order valence-electron chi connectivity index (χ1n) is 9.47. The number of fused-ring (bicyclic) bond motifs is 1. The summed E-state index contributed by atoms with van der Waals surface area (Å²) in [7, 11) is 1.67. The molecular weight excluding hydrogens is 356 g/mol. The summed E-state index contributed by atoms with van der Waals surface area (Å²) in [5.41, 5.74) is 4.46. The number of nitrogens with zero attached hydrogens (tertiary/aromatic N) is 2. The van der Waals surface area contributed by atoms with Gasteiger partial charge >= 0.3 is 0 Å². The van der Waals surface area contributed by atoms with E-state index in [1.165, 1.54) is 0 Å². The monoisotopic (exact) mass is 380 g/mol. The van der Waals surface area contributed by atoms with Gasteiger partial charge in [0.25, 0.3) is 5.91 Å². The van der Waals surface area contributed by atoms with Crippen LogP contribution in [-0.4, -0.2) is 34.7 Å². The predicted molar refractivity (Wildman–Crippen MR) is 104 cm³/mol. The highest BCUT2D eigenvalue weighted by Crippen LogP contribution is 2.31. The van der Waals surface area contributed by atoms with Crippen LogP contribution < -0.4 is 10.1 Å². The molecule has 1 atom stereocenters. The van der Waals surface area contributed by atoms with Crippen molar-refractivity contribution in [3.63, 3.8) is 0 Å². The molecule has 0 spiro atoms. The molecule has 146 valence electrons. The van der Waals surface area contributed by atoms with Crippen LogP contribution in [0.2, 0.25) is 0 Å². The van der Waals surface area contributed by atoms with Gasteiger partial charge in [-0.05, 0) is 38.3 Å². The molecule has 3 aromatic rings. The van der Waals surface area contributed by atoms with Crippen molar-refractivity contribution in [3.05, 3.63) is 64.1 Å². The number of hydrogen-bond donors (Lipinski definition) is 2. The fourth-order valence-corrected chi connectivity index (χ4v) is 3.86. The van der Waals surface area contributed by atoms with Crippen LogP contribution in [0.5, 0.6) is 5.75 Å². The van der Waals surface area contributed by atoms with Gasteiger partial charge in [-0.3, -0.25) is 4.79 Å². The van der Waals surface area contributed by atoms with Gasteiger partial charge in [0.2, 0.25) is 0 Å². The molecule has 0 aliphatic carbocycles. The van der Waals surface area contributed by atoms with Gasteiger partial charge in [0, 0.05) is 30.1 Å². The molecule has 7 heteroatoms. The van der Waals surface area contributed by atoms with Gasteiger partial charge in [-0.15, -0.1) is 0 Å². The van der Waals surface area contributed by atoms with Crippen molar-refractivity contribution in [1.29, 1.82) is 0 Å². The first-order chi connectivity index (χ1) is 13.6. The molecular formula is C21H24N4O3. The maximum absolute atomic E-state index is 12.5. The summed E-state index contributed by atoms with van der Waals surface area (Å²) in [6.07, 6.45) is 2.17. The summed E-state index contributed by atoms with van der Waals surface area (Å²) in [4.78, 5) is 20.5. The molecule has 0 bridgehead atoms. The Balaban J connectivity index is 1.57. The van der Waals surface area contributed by atoms with Crippen molar-refractivity contribution < 1.29 is 14.1 Å². The molecule has 3 heterocycles. The minimum atomic E-state index is -0.132. The summed E-state index contributed by atoms with van der Waals surface area (Å²) >= 11 is 0. The van der Waals surface area contributed by atoms with Gasteiger partial charge in [-0.1, -0.05) is 23.4 Å². The summed E-state index contributed by atoms with van der Waals surface area (Å²) in [5, 5.41) is 7.00. The highest BCUT2D eigenvalue weighted by atomic mass is 16.5. The average molecular weight is 380 g/mol. The van der Waals surface area contributed by atoms with Crippen LogP contribution in [0.25, 0.3) is 0 Å². The molecule has 2 N–H and O–H groups in total. The van der Waals surface area contributed by atoms with Gasteiger partial charge in [0.05, 0.1) is 12.8 Å². The number of benzene rings is 1. The second-order valence-corrected chi connectivity index (χ2v) is 7.17. The highest BCUT2D eigenvalue weighted by Gasteiger charge is 2.27. The van der Waals surface area contributed by atoms with Crippen molar-refractivity contribution in [2.45, 2.75) is 39.0 Å². The lowest BCUT2D eigenvalue weighted by Crippen LogP contribution is -2.26. The minimum Gasteiger partial charge on any atom is -0.496 e. The number of carbonyl (C=O) groups excluding carboxylic acids is 1. The normalized spacial score (nSPS) is 16.4. The first-order valence-corrected chi connectivity index (χ1v) is 9.47.